The fraction of sp³-hybridized carbons (Fsp3) is 0.429. The van der Waals surface area contributed by atoms with Crippen molar-refractivity contribution in [2.24, 2.45) is 0 Å². The molecule has 144 valence electrons. The highest BCUT2D eigenvalue weighted by Gasteiger charge is 2.24. The van der Waals surface area contributed by atoms with Gasteiger partial charge in [0.15, 0.2) is 0 Å². The summed E-state index contributed by atoms with van der Waals surface area (Å²) in [6, 6.07) is 11.5. The summed E-state index contributed by atoms with van der Waals surface area (Å²) in [7, 11) is 2.11. The molecule has 1 amide bonds. The minimum atomic E-state index is -0.142. The van der Waals surface area contributed by atoms with Crippen LogP contribution in [-0.4, -0.2) is 60.0 Å². The molecule has 1 atom stereocenters. The van der Waals surface area contributed by atoms with E-state index in [1.54, 1.807) is 6.20 Å². The van der Waals surface area contributed by atoms with Crippen LogP contribution in [0.5, 0.6) is 11.6 Å². The fourth-order valence-corrected chi connectivity index (χ4v) is 3.13. The Morgan fingerprint density at radius 2 is 1.93 bits per heavy atom. The number of ether oxygens (including phenoxy) is 1. The molecule has 0 bridgehead atoms. The van der Waals surface area contributed by atoms with Gasteiger partial charge in [0.1, 0.15) is 5.75 Å². The SMILES string of the molecule is Cc1ccccc1Oc1ncccc1CNC(=O)[C@H](C)N1CCN(C)CC1. The quantitative estimate of drug-likeness (QED) is 0.849. The number of carbonyl (C=O) groups excluding carboxylic acids is 1. The first-order chi connectivity index (χ1) is 13.0. The molecule has 2 aromatic rings. The Balaban J connectivity index is 1.61. The summed E-state index contributed by atoms with van der Waals surface area (Å²) in [5, 5.41) is 3.03. The molecule has 1 aromatic carbocycles. The Labute approximate surface area is 161 Å². The van der Waals surface area contributed by atoms with E-state index in [2.05, 4.69) is 27.1 Å². The van der Waals surface area contributed by atoms with Crippen molar-refractivity contribution >= 4 is 5.91 Å². The van der Waals surface area contributed by atoms with Crippen LogP contribution in [0, 0.1) is 6.92 Å². The molecule has 6 heteroatoms. The Kier molecular flexibility index (Phi) is 6.42. The number of pyridine rings is 1. The Morgan fingerprint density at radius 3 is 2.67 bits per heavy atom. The first kappa shape index (κ1) is 19.3. The summed E-state index contributed by atoms with van der Waals surface area (Å²) in [6.07, 6.45) is 1.70. The van der Waals surface area contributed by atoms with Crippen molar-refractivity contribution in [3.63, 3.8) is 0 Å². The van der Waals surface area contributed by atoms with E-state index in [-0.39, 0.29) is 11.9 Å². The lowest BCUT2D eigenvalue weighted by Gasteiger charge is -2.35. The Hall–Kier alpha value is -2.44. The van der Waals surface area contributed by atoms with Crippen LogP contribution >= 0.6 is 0 Å². The molecular formula is C21H28N4O2. The number of para-hydroxylation sites is 1. The van der Waals surface area contributed by atoms with E-state index in [1.807, 2.05) is 50.2 Å². The molecule has 0 unspecified atom stereocenters. The number of hydrogen-bond donors (Lipinski definition) is 1. The maximum Gasteiger partial charge on any atom is 0.237 e. The normalized spacial score (nSPS) is 16.7. The van der Waals surface area contributed by atoms with Gasteiger partial charge in [0, 0.05) is 44.5 Å². The van der Waals surface area contributed by atoms with Crippen LogP contribution in [0.4, 0.5) is 0 Å². The van der Waals surface area contributed by atoms with E-state index >= 15 is 0 Å². The van der Waals surface area contributed by atoms with Crippen LogP contribution < -0.4 is 10.1 Å². The second-order valence-corrected chi connectivity index (χ2v) is 7.07. The van der Waals surface area contributed by atoms with Crippen molar-refractivity contribution in [1.29, 1.82) is 0 Å². The zero-order valence-corrected chi connectivity index (χ0v) is 16.3. The number of aromatic nitrogens is 1. The summed E-state index contributed by atoms with van der Waals surface area (Å²) < 4.78 is 5.98. The van der Waals surface area contributed by atoms with Crippen molar-refractivity contribution in [3.8, 4) is 11.6 Å². The molecule has 1 aliphatic rings. The van der Waals surface area contributed by atoms with Crippen LogP contribution in [0.2, 0.25) is 0 Å². The largest absolute Gasteiger partial charge is 0.438 e. The number of amides is 1. The van der Waals surface area contributed by atoms with Crippen LogP contribution in [0.25, 0.3) is 0 Å². The molecule has 27 heavy (non-hydrogen) atoms. The molecule has 0 saturated carbocycles. The lowest BCUT2D eigenvalue weighted by Crippen LogP contribution is -2.52. The number of hydrogen-bond acceptors (Lipinski definition) is 5. The lowest BCUT2D eigenvalue weighted by molar-refractivity contribution is -0.126. The molecule has 0 spiro atoms. The summed E-state index contributed by atoms with van der Waals surface area (Å²) in [5.41, 5.74) is 1.90. The molecule has 1 fully saturated rings. The fourth-order valence-electron chi connectivity index (χ4n) is 3.13. The number of rotatable bonds is 6. The van der Waals surface area contributed by atoms with Gasteiger partial charge in [-0.1, -0.05) is 24.3 Å². The Bertz CT molecular complexity index is 772. The molecule has 1 aromatic heterocycles. The van der Waals surface area contributed by atoms with Crippen molar-refractivity contribution in [3.05, 3.63) is 53.7 Å². The van der Waals surface area contributed by atoms with Gasteiger partial charge < -0.3 is 15.0 Å². The Morgan fingerprint density at radius 1 is 1.19 bits per heavy atom. The van der Waals surface area contributed by atoms with E-state index < -0.39 is 0 Å². The number of nitrogens with one attached hydrogen (secondary N) is 1. The van der Waals surface area contributed by atoms with Crippen LogP contribution in [0.3, 0.4) is 0 Å². The van der Waals surface area contributed by atoms with Gasteiger partial charge in [-0.25, -0.2) is 4.98 Å². The number of benzene rings is 1. The van der Waals surface area contributed by atoms with Crippen LogP contribution in [0.1, 0.15) is 18.1 Å². The third-order valence-electron chi connectivity index (χ3n) is 5.07. The van der Waals surface area contributed by atoms with E-state index in [0.29, 0.717) is 12.4 Å². The number of piperazine rings is 1. The van der Waals surface area contributed by atoms with E-state index in [4.69, 9.17) is 4.74 Å². The number of carbonyl (C=O) groups is 1. The van der Waals surface area contributed by atoms with E-state index in [0.717, 1.165) is 43.1 Å². The van der Waals surface area contributed by atoms with Crippen LogP contribution in [-0.2, 0) is 11.3 Å². The van der Waals surface area contributed by atoms with Gasteiger partial charge >= 0.3 is 0 Å². The van der Waals surface area contributed by atoms with Gasteiger partial charge in [-0.05, 0) is 38.6 Å². The molecule has 2 heterocycles. The second-order valence-electron chi connectivity index (χ2n) is 7.07. The summed E-state index contributed by atoms with van der Waals surface area (Å²) in [6.45, 7) is 8.18. The number of nitrogens with zero attached hydrogens (tertiary/aromatic N) is 3. The molecule has 1 aliphatic heterocycles. The predicted molar refractivity (Wildman–Crippen MR) is 106 cm³/mol. The maximum absolute atomic E-state index is 12.6. The predicted octanol–water partition coefficient (Wildman–Crippen LogP) is 2.43. The summed E-state index contributed by atoms with van der Waals surface area (Å²) >= 11 is 0. The first-order valence-corrected chi connectivity index (χ1v) is 9.42. The average Bonchev–Trinajstić information content (AvgIpc) is 2.69. The van der Waals surface area contributed by atoms with Gasteiger partial charge in [0.2, 0.25) is 11.8 Å². The highest BCUT2D eigenvalue weighted by Crippen LogP contribution is 2.25. The highest BCUT2D eigenvalue weighted by molar-refractivity contribution is 5.81. The molecule has 0 radical (unpaired) electrons. The van der Waals surface area contributed by atoms with E-state index in [1.165, 1.54) is 0 Å². The summed E-state index contributed by atoms with van der Waals surface area (Å²) in [4.78, 5) is 21.4. The maximum atomic E-state index is 12.6. The zero-order valence-electron chi connectivity index (χ0n) is 16.3. The van der Waals surface area contributed by atoms with Crippen molar-refractivity contribution < 1.29 is 9.53 Å². The van der Waals surface area contributed by atoms with Crippen molar-refractivity contribution in [2.45, 2.75) is 26.4 Å². The molecule has 1 saturated heterocycles. The minimum Gasteiger partial charge on any atom is -0.438 e. The molecule has 0 aliphatic carbocycles. The van der Waals surface area contributed by atoms with Gasteiger partial charge in [-0.15, -0.1) is 0 Å². The molecule has 6 nitrogen and oxygen atoms in total. The molecule has 1 N–H and O–H groups in total. The van der Waals surface area contributed by atoms with Crippen molar-refractivity contribution in [2.75, 3.05) is 33.2 Å². The second kappa shape index (κ2) is 8.97. The van der Waals surface area contributed by atoms with E-state index in [9.17, 15) is 4.79 Å². The van der Waals surface area contributed by atoms with Crippen molar-refractivity contribution in [1.82, 2.24) is 20.1 Å². The smallest absolute Gasteiger partial charge is 0.237 e. The first-order valence-electron chi connectivity index (χ1n) is 9.42. The van der Waals surface area contributed by atoms with Crippen LogP contribution in [0.15, 0.2) is 42.6 Å². The van der Waals surface area contributed by atoms with Gasteiger partial charge in [0.25, 0.3) is 0 Å². The summed E-state index contributed by atoms with van der Waals surface area (Å²) in [5.74, 6) is 1.33. The monoisotopic (exact) mass is 368 g/mol. The zero-order chi connectivity index (χ0) is 19.2. The molecule has 3 rings (SSSR count). The third-order valence-corrected chi connectivity index (χ3v) is 5.07. The van der Waals surface area contributed by atoms with Gasteiger partial charge in [0.05, 0.1) is 6.04 Å². The highest BCUT2D eigenvalue weighted by atomic mass is 16.5. The minimum absolute atomic E-state index is 0.0326. The topological polar surface area (TPSA) is 57.7 Å². The average molecular weight is 368 g/mol. The lowest BCUT2D eigenvalue weighted by atomic mass is 10.2. The number of likely N-dealkylation sites (N-methyl/N-ethyl adjacent to an activating group) is 1. The third kappa shape index (κ3) is 5.05. The number of aryl methyl sites for hydroxylation is 1. The standard InChI is InChI=1S/C21H28N4O2/c1-16-7-4-5-9-19(16)27-21-18(8-6-10-22-21)15-23-20(26)17(2)25-13-11-24(3)12-14-25/h4-10,17H,11-15H2,1-3H3,(H,23,26)/t17-/m0/s1. The van der Waals surface area contributed by atoms with Gasteiger partial charge in [-0.2, -0.15) is 0 Å². The van der Waals surface area contributed by atoms with Gasteiger partial charge in [-0.3, -0.25) is 9.69 Å². The molecular weight excluding hydrogens is 340 g/mol.